The zero-order chi connectivity index (χ0) is 14.7. The van der Waals surface area contributed by atoms with Crippen LogP contribution in [0.1, 0.15) is 5.56 Å². The number of halogens is 2. The van der Waals surface area contributed by atoms with Crippen LogP contribution in [0, 0.1) is 0 Å². The Morgan fingerprint density at radius 1 is 1.14 bits per heavy atom. The number of ether oxygens (including phenoxy) is 1. The minimum Gasteiger partial charge on any atom is -0.435 e. The molecule has 3 rings (SSSR count). The second kappa shape index (κ2) is 5.78. The molecule has 0 saturated carbocycles. The molecule has 0 fully saturated rings. The van der Waals surface area contributed by atoms with E-state index in [-0.39, 0.29) is 5.75 Å². The summed E-state index contributed by atoms with van der Waals surface area (Å²) in [6.07, 6.45) is 1.76. The van der Waals surface area contributed by atoms with E-state index in [1.165, 1.54) is 12.1 Å². The van der Waals surface area contributed by atoms with E-state index in [4.69, 9.17) is 0 Å². The van der Waals surface area contributed by atoms with Crippen LogP contribution in [0.2, 0.25) is 0 Å². The molecule has 0 radical (unpaired) electrons. The van der Waals surface area contributed by atoms with Gasteiger partial charge in [0.25, 0.3) is 0 Å². The molecule has 0 saturated heterocycles. The molecule has 0 amide bonds. The Balaban J connectivity index is 1.68. The summed E-state index contributed by atoms with van der Waals surface area (Å²) in [5.74, 6) is 0.158. The molecule has 2 aromatic carbocycles. The Morgan fingerprint density at radius 2 is 1.95 bits per heavy atom. The molecule has 4 nitrogen and oxygen atoms in total. The Morgan fingerprint density at radius 3 is 2.71 bits per heavy atom. The van der Waals surface area contributed by atoms with Gasteiger partial charge in [0.1, 0.15) is 5.75 Å². The van der Waals surface area contributed by atoms with Gasteiger partial charge in [-0.1, -0.05) is 18.2 Å². The third-order valence-corrected chi connectivity index (χ3v) is 3.12. The number of rotatable bonds is 5. The summed E-state index contributed by atoms with van der Waals surface area (Å²) < 4.78 is 28.4. The van der Waals surface area contributed by atoms with Crippen molar-refractivity contribution in [2.45, 2.75) is 13.2 Å². The lowest BCUT2D eigenvalue weighted by Crippen LogP contribution is -2.03. The Bertz CT molecular complexity index is 725. The number of benzene rings is 2. The lowest BCUT2D eigenvalue weighted by molar-refractivity contribution is -0.0498. The van der Waals surface area contributed by atoms with E-state index in [1.54, 1.807) is 18.3 Å². The van der Waals surface area contributed by atoms with Crippen LogP contribution in [-0.4, -0.2) is 16.8 Å². The van der Waals surface area contributed by atoms with E-state index in [0.29, 0.717) is 6.54 Å². The monoisotopic (exact) mass is 289 g/mol. The molecule has 3 aromatic rings. The van der Waals surface area contributed by atoms with E-state index >= 15 is 0 Å². The first-order valence-electron chi connectivity index (χ1n) is 6.42. The summed E-state index contributed by atoms with van der Waals surface area (Å²) >= 11 is 0. The molecule has 0 unspecified atom stereocenters. The topological polar surface area (TPSA) is 49.9 Å². The SMILES string of the molecule is FC(F)Oc1ccc(CNc2cccc3[nH]ncc23)cc1. The smallest absolute Gasteiger partial charge is 0.387 e. The van der Waals surface area contributed by atoms with Gasteiger partial charge >= 0.3 is 6.61 Å². The highest BCUT2D eigenvalue weighted by Gasteiger charge is 2.05. The quantitative estimate of drug-likeness (QED) is 0.751. The van der Waals surface area contributed by atoms with Crippen LogP contribution >= 0.6 is 0 Å². The molecule has 0 atom stereocenters. The van der Waals surface area contributed by atoms with Crippen molar-refractivity contribution < 1.29 is 13.5 Å². The van der Waals surface area contributed by atoms with Gasteiger partial charge in [-0.05, 0) is 29.8 Å². The number of nitrogens with one attached hydrogen (secondary N) is 2. The zero-order valence-electron chi connectivity index (χ0n) is 11.0. The molecule has 1 heterocycles. The molecule has 2 N–H and O–H groups in total. The van der Waals surface area contributed by atoms with E-state index in [0.717, 1.165) is 22.2 Å². The summed E-state index contributed by atoms with van der Waals surface area (Å²) in [5, 5.41) is 11.2. The average Bonchev–Trinajstić information content (AvgIpc) is 2.95. The molecular weight excluding hydrogens is 276 g/mol. The summed E-state index contributed by atoms with van der Waals surface area (Å²) in [4.78, 5) is 0. The lowest BCUT2D eigenvalue weighted by Gasteiger charge is -2.09. The summed E-state index contributed by atoms with van der Waals surface area (Å²) in [5.41, 5.74) is 2.90. The number of fused-ring (bicyclic) bond motifs is 1. The van der Waals surface area contributed by atoms with Crippen molar-refractivity contribution in [3.05, 3.63) is 54.2 Å². The van der Waals surface area contributed by atoms with Gasteiger partial charge in [-0.3, -0.25) is 5.10 Å². The van der Waals surface area contributed by atoms with Crippen LogP contribution in [0.5, 0.6) is 5.75 Å². The first kappa shape index (κ1) is 13.4. The van der Waals surface area contributed by atoms with Crippen molar-refractivity contribution in [1.82, 2.24) is 10.2 Å². The maximum atomic E-state index is 12.1. The van der Waals surface area contributed by atoms with Crippen LogP contribution in [0.25, 0.3) is 10.9 Å². The van der Waals surface area contributed by atoms with E-state index < -0.39 is 6.61 Å². The number of hydrogen-bond donors (Lipinski definition) is 2. The molecule has 108 valence electrons. The number of anilines is 1. The van der Waals surface area contributed by atoms with E-state index in [9.17, 15) is 8.78 Å². The number of nitrogens with zero attached hydrogens (tertiary/aromatic N) is 1. The molecule has 0 aliphatic rings. The highest BCUT2D eigenvalue weighted by Crippen LogP contribution is 2.22. The highest BCUT2D eigenvalue weighted by atomic mass is 19.3. The minimum atomic E-state index is -2.80. The molecule has 21 heavy (non-hydrogen) atoms. The fraction of sp³-hybridized carbons (Fsp3) is 0.133. The molecular formula is C15H13F2N3O. The van der Waals surface area contributed by atoms with E-state index in [2.05, 4.69) is 20.3 Å². The molecule has 6 heteroatoms. The fourth-order valence-corrected chi connectivity index (χ4v) is 2.11. The van der Waals surface area contributed by atoms with Gasteiger partial charge < -0.3 is 10.1 Å². The lowest BCUT2D eigenvalue weighted by atomic mass is 10.2. The Hall–Kier alpha value is -2.63. The number of alkyl halides is 2. The van der Waals surface area contributed by atoms with Gasteiger partial charge in [0.15, 0.2) is 0 Å². The van der Waals surface area contributed by atoms with Gasteiger partial charge in [-0.2, -0.15) is 13.9 Å². The Kier molecular flexibility index (Phi) is 3.68. The maximum absolute atomic E-state index is 12.1. The first-order chi connectivity index (χ1) is 10.2. The predicted octanol–water partition coefficient (Wildman–Crippen LogP) is 3.78. The average molecular weight is 289 g/mol. The van der Waals surface area contributed by atoms with E-state index in [1.807, 2.05) is 18.2 Å². The molecule has 0 aliphatic carbocycles. The fourth-order valence-electron chi connectivity index (χ4n) is 2.11. The Labute approximate surface area is 119 Å². The van der Waals surface area contributed by atoms with Gasteiger partial charge in [-0.25, -0.2) is 0 Å². The van der Waals surface area contributed by atoms with Crippen molar-refractivity contribution in [2.24, 2.45) is 0 Å². The zero-order valence-corrected chi connectivity index (χ0v) is 11.0. The van der Waals surface area contributed by atoms with Gasteiger partial charge in [0.2, 0.25) is 0 Å². The van der Waals surface area contributed by atoms with Crippen LogP contribution < -0.4 is 10.1 Å². The van der Waals surface area contributed by atoms with Crippen molar-refractivity contribution >= 4 is 16.6 Å². The van der Waals surface area contributed by atoms with Gasteiger partial charge in [0, 0.05) is 17.6 Å². The van der Waals surface area contributed by atoms with Crippen molar-refractivity contribution in [2.75, 3.05) is 5.32 Å². The van der Waals surface area contributed by atoms with Crippen LogP contribution in [-0.2, 0) is 6.54 Å². The third-order valence-electron chi connectivity index (χ3n) is 3.12. The first-order valence-corrected chi connectivity index (χ1v) is 6.42. The highest BCUT2D eigenvalue weighted by molar-refractivity contribution is 5.90. The molecule has 0 aliphatic heterocycles. The molecule has 0 bridgehead atoms. The van der Waals surface area contributed by atoms with Crippen molar-refractivity contribution in [3.63, 3.8) is 0 Å². The summed E-state index contributed by atoms with van der Waals surface area (Å²) in [7, 11) is 0. The number of aromatic nitrogens is 2. The number of aromatic amines is 1. The predicted molar refractivity (Wildman–Crippen MR) is 76.5 cm³/mol. The normalized spacial score (nSPS) is 11.0. The van der Waals surface area contributed by atoms with Crippen LogP contribution in [0.4, 0.5) is 14.5 Å². The molecule has 1 aromatic heterocycles. The van der Waals surface area contributed by atoms with Crippen molar-refractivity contribution in [1.29, 1.82) is 0 Å². The standard InChI is InChI=1S/C15H13F2N3O/c16-15(17)21-11-6-4-10(5-7-11)8-18-13-2-1-3-14-12(13)9-19-20-14/h1-7,9,15,18H,8H2,(H,19,20). The second-order valence-corrected chi connectivity index (χ2v) is 4.51. The summed E-state index contributed by atoms with van der Waals surface area (Å²) in [6.45, 7) is -2.22. The second-order valence-electron chi connectivity index (χ2n) is 4.51. The molecule has 0 spiro atoms. The van der Waals surface area contributed by atoms with Gasteiger partial charge in [0.05, 0.1) is 11.7 Å². The van der Waals surface area contributed by atoms with Gasteiger partial charge in [-0.15, -0.1) is 0 Å². The maximum Gasteiger partial charge on any atom is 0.387 e. The van der Waals surface area contributed by atoms with Crippen LogP contribution in [0.3, 0.4) is 0 Å². The van der Waals surface area contributed by atoms with Crippen LogP contribution in [0.15, 0.2) is 48.7 Å². The largest absolute Gasteiger partial charge is 0.435 e. The summed E-state index contributed by atoms with van der Waals surface area (Å²) in [6, 6.07) is 12.4. The number of hydrogen-bond acceptors (Lipinski definition) is 3. The third kappa shape index (κ3) is 3.10. The number of H-pyrrole nitrogens is 1. The van der Waals surface area contributed by atoms with Crippen molar-refractivity contribution in [3.8, 4) is 5.75 Å². The minimum absolute atomic E-state index is 0.158.